The molecule has 35 heavy (non-hydrogen) atoms. The number of aromatic nitrogens is 4. The molecule has 1 N–H and O–H groups in total. The highest BCUT2D eigenvalue weighted by Gasteiger charge is 2.45. The summed E-state index contributed by atoms with van der Waals surface area (Å²) >= 11 is 0. The van der Waals surface area contributed by atoms with Crippen LogP contribution in [0.2, 0.25) is 0 Å². The van der Waals surface area contributed by atoms with E-state index >= 15 is 0 Å². The topological polar surface area (TPSA) is 77.3 Å². The molecule has 1 atom stereocenters. The highest BCUT2D eigenvalue weighted by Crippen LogP contribution is 2.37. The van der Waals surface area contributed by atoms with E-state index in [2.05, 4.69) is 15.3 Å². The second kappa shape index (κ2) is 8.73. The third-order valence-electron chi connectivity index (χ3n) is 6.99. The van der Waals surface area contributed by atoms with Crippen LogP contribution in [0.1, 0.15) is 19.3 Å². The van der Waals surface area contributed by atoms with Crippen LogP contribution >= 0.6 is 0 Å². The smallest absolute Gasteiger partial charge is 0.188 e. The van der Waals surface area contributed by atoms with Crippen LogP contribution in [0.3, 0.4) is 0 Å². The predicted molar refractivity (Wildman–Crippen MR) is 133 cm³/mol. The molecule has 1 saturated carbocycles. The maximum Gasteiger partial charge on any atom is 0.188 e. The van der Waals surface area contributed by atoms with Crippen LogP contribution in [0.5, 0.6) is 5.75 Å². The van der Waals surface area contributed by atoms with Crippen molar-refractivity contribution in [2.24, 2.45) is 7.05 Å². The van der Waals surface area contributed by atoms with E-state index < -0.39 is 0 Å². The number of alkyl halides is 1. The van der Waals surface area contributed by atoms with Crippen molar-refractivity contribution in [1.29, 1.82) is 0 Å². The number of halogens is 1. The lowest BCUT2D eigenvalue weighted by atomic mass is 10.1. The molecular weight excluding hydrogens is 447 g/mol. The molecule has 9 heteroatoms. The lowest BCUT2D eigenvalue weighted by Gasteiger charge is -2.21. The van der Waals surface area contributed by atoms with Crippen molar-refractivity contribution in [1.82, 2.24) is 25.1 Å². The van der Waals surface area contributed by atoms with Crippen LogP contribution in [-0.4, -0.2) is 65.0 Å². The van der Waals surface area contributed by atoms with Crippen molar-refractivity contribution < 1.29 is 13.9 Å². The van der Waals surface area contributed by atoms with E-state index in [1.807, 2.05) is 49.6 Å². The molecular formula is C26H29FN6O2. The molecule has 0 spiro atoms. The average Bonchev–Trinajstić information content (AvgIpc) is 3.32. The lowest BCUT2D eigenvalue weighted by molar-refractivity contribution is 0.0516. The molecule has 6 rings (SSSR count). The van der Waals surface area contributed by atoms with E-state index in [0.717, 1.165) is 71.4 Å². The molecule has 3 aromatic heterocycles. The summed E-state index contributed by atoms with van der Waals surface area (Å²) in [7, 11) is 3.50. The van der Waals surface area contributed by atoms with Gasteiger partial charge in [-0.25, -0.2) is 14.4 Å². The van der Waals surface area contributed by atoms with Crippen LogP contribution in [0.25, 0.3) is 33.2 Å². The number of rotatable bonds is 8. The van der Waals surface area contributed by atoms with Crippen molar-refractivity contribution in [2.45, 2.75) is 30.8 Å². The maximum absolute atomic E-state index is 13.3. The van der Waals surface area contributed by atoms with Crippen molar-refractivity contribution in [3.05, 3.63) is 42.6 Å². The van der Waals surface area contributed by atoms with Gasteiger partial charge in [-0.3, -0.25) is 4.68 Å². The molecule has 1 aromatic carbocycles. The number of hydrogen-bond donors (Lipinski definition) is 1. The number of pyridine rings is 2. The zero-order valence-corrected chi connectivity index (χ0v) is 20.0. The van der Waals surface area contributed by atoms with Gasteiger partial charge in [0.15, 0.2) is 6.79 Å². The molecule has 1 saturated heterocycles. The largest absolute Gasteiger partial charge is 0.467 e. The first-order valence-electron chi connectivity index (χ1n) is 12.0. The van der Waals surface area contributed by atoms with Gasteiger partial charge >= 0.3 is 0 Å². The van der Waals surface area contributed by atoms with Gasteiger partial charge in [0.05, 0.1) is 22.2 Å². The first-order chi connectivity index (χ1) is 17.1. The molecule has 1 aliphatic heterocycles. The Labute approximate surface area is 203 Å². The fourth-order valence-electron chi connectivity index (χ4n) is 4.93. The van der Waals surface area contributed by atoms with Crippen LogP contribution in [0.15, 0.2) is 42.6 Å². The van der Waals surface area contributed by atoms with Gasteiger partial charge in [-0.05, 0) is 49.6 Å². The second-order valence-electron chi connectivity index (χ2n) is 9.65. The fourth-order valence-corrected chi connectivity index (χ4v) is 4.93. The predicted octanol–water partition coefficient (Wildman–Crippen LogP) is 3.84. The van der Waals surface area contributed by atoms with Crippen molar-refractivity contribution >= 4 is 27.8 Å². The average molecular weight is 477 g/mol. The number of fused-ring (bicyclic) bond motifs is 2. The molecule has 8 nitrogen and oxygen atoms in total. The number of methoxy groups -OCH3 is 1. The summed E-state index contributed by atoms with van der Waals surface area (Å²) in [6.45, 7) is 1.62. The monoisotopic (exact) mass is 476 g/mol. The normalized spacial score (nSPS) is 19.1. The number of anilines is 1. The van der Waals surface area contributed by atoms with Gasteiger partial charge in [0.25, 0.3) is 0 Å². The first kappa shape index (κ1) is 22.2. The lowest BCUT2D eigenvalue weighted by Crippen LogP contribution is -2.43. The SMILES string of the molecule is COCOc1cc2nn(C)cc2cc1-c1ccc2nc(N3CCC(NC4(CF)CC4)C3)ccc2n1. The molecule has 2 aliphatic rings. The third kappa shape index (κ3) is 4.30. The van der Waals surface area contributed by atoms with Crippen molar-refractivity contribution in [3.63, 3.8) is 0 Å². The number of hydrogen-bond acceptors (Lipinski definition) is 7. The summed E-state index contributed by atoms with van der Waals surface area (Å²) in [4.78, 5) is 12.0. The van der Waals surface area contributed by atoms with Gasteiger partial charge in [0, 0.05) is 62.0 Å². The van der Waals surface area contributed by atoms with Gasteiger partial charge in [-0.2, -0.15) is 5.10 Å². The van der Waals surface area contributed by atoms with Gasteiger partial charge in [-0.15, -0.1) is 0 Å². The van der Waals surface area contributed by atoms with Crippen molar-refractivity contribution in [3.8, 4) is 17.0 Å². The standard InChI is InChI=1S/C26H29FN6O2/c1-32-13-17-11-19(24(35-16-34-2)12-23(17)31-32)20-3-4-22-21(28-20)5-6-25(29-22)33-10-7-18(14-33)30-26(15-27)8-9-26/h3-6,11-13,18,30H,7-10,14-16H2,1-2H3. The molecule has 0 bridgehead atoms. The minimum atomic E-state index is -0.280. The third-order valence-corrected chi connectivity index (χ3v) is 6.99. The van der Waals surface area contributed by atoms with E-state index in [-0.39, 0.29) is 19.0 Å². The summed E-state index contributed by atoms with van der Waals surface area (Å²) in [5, 5.41) is 9.03. The van der Waals surface area contributed by atoms with Gasteiger partial charge in [-0.1, -0.05) is 0 Å². The highest BCUT2D eigenvalue weighted by atomic mass is 19.1. The van der Waals surface area contributed by atoms with Crippen LogP contribution in [0, 0.1) is 0 Å². The molecule has 4 aromatic rings. The Balaban J connectivity index is 1.27. The van der Waals surface area contributed by atoms with Crippen LogP contribution in [-0.2, 0) is 11.8 Å². The Kier molecular flexibility index (Phi) is 5.53. The molecule has 1 unspecified atom stereocenters. The maximum atomic E-state index is 13.3. The Morgan fingerprint density at radius 2 is 1.94 bits per heavy atom. The van der Waals surface area contributed by atoms with Gasteiger partial charge in [0.1, 0.15) is 18.2 Å². The number of nitrogens with zero attached hydrogens (tertiary/aromatic N) is 5. The zero-order chi connectivity index (χ0) is 24.0. The Morgan fingerprint density at radius 3 is 2.74 bits per heavy atom. The number of nitrogens with one attached hydrogen (secondary N) is 1. The summed E-state index contributed by atoms with van der Waals surface area (Å²) < 4.78 is 26.0. The Bertz CT molecular complexity index is 1390. The van der Waals surface area contributed by atoms with E-state index in [1.165, 1.54) is 0 Å². The minimum absolute atomic E-state index is 0.141. The van der Waals surface area contributed by atoms with Crippen LogP contribution in [0.4, 0.5) is 10.2 Å². The summed E-state index contributed by atoms with van der Waals surface area (Å²) in [5.41, 5.74) is 3.93. The van der Waals surface area contributed by atoms with Gasteiger partial charge in [0.2, 0.25) is 0 Å². The summed E-state index contributed by atoms with van der Waals surface area (Å²) in [6, 6.07) is 12.3. The van der Waals surface area contributed by atoms with E-state index in [0.29, 0.717) is 11.8 Å². The van der Waals surface area contributed by atoms with Gasteiger partial charge < -0.3 is 19.7 Å². The number of ether oxygens (including phenoxy) is 2. The molecule has 0 amide bonds. The number of benzene rings is 1. The highest BCUT2D eigenvalue weighted by molar-refractivity contribution is 5.89. The van der Waals surface area contributed by atoms with Crippen LogP contribution < -0.4 is 15.0 Å². The molecule has 2 fully saturated rings. The van der Waals surface area contributed by atoms with E-state index in [9.17, 15) is 4.39 Å². The summed E-state index contributed by atoms with van der Waals surface area (Å²) in [5.74, 6) is 1.61. The molecule has 4 heterocycles. The molecule has 1 aliphatic carbocycles. The molecule has 0 radical (unpaired) electrons. The Morgan fingerprint density at radius 1 is 1.11 bits per heavy atom. The van der Waals surface area contributed by atoms with E-state index in [4.69, 9.17) is 19.4 Å². The fraction of sp³-hybridized carbons (Fsp3) is 0.423. The first-order valence-corrected chi connectivity index (χ1v) is 12.0. The molecule has 182 valence electrons. The second-order valence-corrected chi connectivity index (χ2v) is 9.65. The zero-order valence-electron chi connectivity index (χ0n) is 20.0. The van der Waals surface area contributed by atoms with E-state index in [1.54, 1.807) is 11.8 Å². The Hall–Kier alpha value is -3.30. The quantitative estimate of drug-likeness (QED) is 0.387. The van der Waals surface area contributed by atoms with Crippen molar-refractivity contribution in [2.75, 3.05) is 38.6 Å². The minimum Gasteiger partial charge on any atom is -0.467 e. The number of aryl methyl sites for hydroxylation is 1. The summed E-state index contributed by atoms with van der Waals surface area (Å²) in [6.07, 6.45) is 4.85.